The first-order valence-electron chi connectivity index (χ1n) is 7.22. The number of nitrogens with zero attached hydrogens (tertiary/aromatic N) is 2. The van der Waals surface area contributed by atoms with Crippen molar-refractivity contribution >= 4 is 16.9 Å². The summed E-state index contributed by atoms with van der Waals surface area (Å²) in [5, 5.41) is 2.54. The molecule has 0 spiro atoms. The van der Waals surface area contributed by atoms with Gasteiger partial charge in [0, 0.05) is 13.1 Å². The molecule has 0 fully saturated rings. The SMILES string of the molecule is Cc1nc2ccccc2n1CCNC(=O)c1c(F)cccc1F. The summed E-state index contributed by atoms with van der Waals surface area (Å²) in [4.78, 5) is 16.4. The van der Waals surface area contributed by atoms with Crippen molar-refractivity contribution in [1.82, 2.24) is 14.9 Å². The molecule has 1 N–H and O–H groups in total. The lowest BCUT2D eigenvalue weighted by Crippen LogP contribution is -2.29. The number of imidazole rings is 1. The number of aryl methyl sites for hydroxylation is 1. The number of fused-ring (bicyclic) bond motifs is 1. The molecule has 0 saturated carbocycles. The van der Waals surface area contributed by atoms with Gasteiger partial charge < -0.3 is 9.88 Å². The Morgan fingerprint density at radius 2 is 1.83 bits per heavy atom. The summed E-state index contributed by atoms with van der Waals surface area (Å²) in [6.07, 6.45) is 0. The number of benzene rings is 2. The number of halogens is 2. The zero-order valence-corrected chi connectivity index (χ0v) is 12.5. The van der Waals surface area contributed by atoms with Crippen LogP contribution in [0.2, 0.25) is 0 Å². The van der Waals surface area contributed by atoms with E-state index in [0.29, 0.717) is 6.54 Å². The average molecular weight is 315 g/mol. The predicted molar refractivity (Wildman–Crippen MR) is 83.2 cm³/mol. The van der Waals surface area contributed by atoms with Crippen molar-refractivity contribution in [2.75, 3.05) is 6.54 Å². The maximum absolute atomic E-state index is 13.6. The van der Waals surface area contributed by atoms with Gasteiger partial charge in [-0.2, -0.15) is 0 Å². The highest BCUT2D eigenvalue weighted by atomic mass is 19.1. The first-order valence-corrected chi connectivity index (χ1v) is 7.22. The summed E-state index contributed by atoms with van der Waals surface area (Å²) in [6.45, 7) is 2.58. The molecule has 118 valence electrons. The van der Waals surface area contributed by atoms with Gasteiger partial charge >= 0.3 is 0 Å². The Kier molecular flexibility index (Phi) is 4.06. The summed E-state index contributed by atoms with van der Waals surface area (Å²) >= 11 is 0. The van der Waals surface area contributed by atoms with Gasteiger partial charge in [0.2, 0.25) is 0 Å². The molecule has 0 bridgehead atoms. The molecule has 0 unspecified atom stereocenters. The maximum atomic E-state index is 13.6. The summed E-state index contributed by atoms with van der Waals surface area (Å²) < 4.78 is 29.1. The molecule has 0 atom stereocenters. The fourth-order valence-electron chi connectivity index (χ4n) is 2.56. The quantitative estimate of drug-likeness (QED) is 0.804. The van der Waals surface area contributed by atoms with Crippen LogP contribution in [0.15, 0.2) is 42.5 Å². The van der Waals surface area contributed by atoms with Crippen LogP contribution in [0.1, 0.15) is 16.2 Å². The molecule has 1 amide bonds. The molecule has 2 aromatic carbocycles. The van der Waals surface area contributed by atoms with Crippen molar-refractivity contribution < 1.29 is 13.6 Å². The standard InChI is InChI=1S/C17H15F2N3O/c1-11-21-14-7-2-3-8-15(14)22(11)10-9-20-17(23)16-12(18)5-4-6-13(16)19/h2-8H,9-10H2,1H3,(H,20,23). The van der Waals surface area contributed by atoms with Gasteiger partial charge in [-0.15, -0.1) is 0 Å². The average Bonchev–Trinajstić information content (AvgIpc) is 2.83. The molecule has 0 radical (unpaired) electrons. The molecule has 1 heterocycles. The van der Waals surface area contributed by atoms with Crippen LogP contribution in [0.25, 0.3) is 11.0 Å². The summed E-state index contributed by atoms with van der Waals surface area (Å²) in [5.74, 6) is -1.68. The number of nitrogens with one attached hydrogen (secondary N) is 1. The van der Waals surface area contributed by atoms with E-state index in [-0.39, 0.29) is 6.54 Å². The summed E-state index contributed by atoms with van der Waals surface area (Å²) in [6, 6.07) is 11.0. The van der Waals surface area contributed by atoms with Crippen molar-refractivity contribution in [3.8, 4) is 0 Å². The van der Waals surface area contributed by atoms with E-state index in [9.17, 15) is 13.6 Å². The van der Waals surface area contributed by atoms with E-state index in [1.54, 1.807) is 0 Å². The van der Waals surface area contributed by atoms with E-state index in [1.807, 2.05) is 35.8 Å². The number of carbonyl (C=O) groups excluding carboxylic acids is 1. The van der Waals surface area contributed by atoms with Crippen LogP contribution >= 0.6 is 0 Å². The number of aromatic nitrogens is 2. The van der Waals surface area contributed by atoms with E-state index >= 15 is 0 Å². The van der Waals surface area contributed by atoms with Crippen molar-refractivity contribution in [3.05, 3.63) is 65.5 Å². The van der Waals surface area contributed by atoms with Gasteiger partial charge in [0.15, 0.2) is 0 Å². The molecule has 3 aromatic rings. The molecular weight excluding hydrogens is 300 g/mol. The Morgan fingerprint density at radius 1 is 1.13 bits per heavy atom. The molecule has 0 saturated heterocycles. The van der Waals surface area contributed by atoms with E-state index in [4.69, 9.17) is 0 Å². The first kappa shape index (κ1) is 15.1. The molecule has 6 heteroatoms. The predicted octanol–water partition coefficient (Wildman–Crippen LogP) is 3.05. The largest absolute Gasteiger partial charge is 0.350 e. The molecule has 4 nitrogen and oxygen atoms in total. The van der Waals surface area contributed by atoms with Gasteiger partial charge in [-0.25, -0.2) is 13.8 Å². The number of rotatable bonds is 4. The highest BCUT2D eigenvalue weighted by Crippen LogP contribution is 2.15. The normalized spacial score (nSPS) is 10.9. The smallest absolute Gasteiger partial charge is 0.257 e. The van der Waals surface area contributed by atoms with Gasteiger partial charge in [-0.05, 0) is 31.2 Å². The van der Waals surface area contributed by atoms with Crippen molar-refractivity contribution in [3.63, 3.8) is 0 Å². The lowest BCUT2D eigenvalue weighted by molar-refractivity contribution is 0.0944. The lowest BCUT2D eigenvalue weighted by Gasteiger charge is -2.09. The van der Waals surface area contributed by atoms with E-state index in [0.717, 1.165) is 29.0 Å². The minimum Gasteiger partial charge on any atom is -0.350 e. The fourth-order valence-corrected chi connectivity index (χ4v) is 2.56. The third-order valence-corrected chi connectivity index (χ3v) is 3.66. The van der Waals surface area contributed by atoms with Crippen molar-refractivity contribution in [2.45, 2.75) is 13.5 Å². The third kappa shape index (κ3) is 2.92. The second-order valence-corrected chi connectivity index (χ2v) is 5.15. The van der Waals surface area contributed by atoms with E-state index in [2.05, 4.69) is 10.3 Å². The topological polar surface area (TPSA) is 46.9 Å². The molecule has 0 aliphatic rings. The molecular formula is C17H15F2N3O. The van der Waals surface area contributed by atoms with E-state index < -0.39 is 23.1 Å². The third-order valence-electron chi connectivity index (χ3n) is 3.66. The Hall–Kier alpha value is -2.76. The van der Waals surface area contributed by atoms with Gasteiger partial charge in [0.1, 0.15) is 23.0 Å². The Bertz CT molecular complexity index is 853. The highest BCUT2D eigenvalue weighted by molar-refractivity contribution is 5.94. The van der Waals surface area contributed by atoms with Crippen LogP contribution in [0, 0.1) is 18.6 Å². The van der Waals surface area contributed by atoms with Crippen molar-refractivity contribution in [1.29, 1.82) is 0 Å². The first-order chi connectivity index (χ1) is 11.1. The zero-order chi connectivity index (χ0) is 16.4. The summed E-state index contributed by atoms with van der Waals surface area (Å²) in [5.41, 5.74) is 1.27. The van der Waals surface area contributed by atoms with Crippen LogP contribution in [-0.2, 0) is 6.54 Å². The van der Waals surface area contributed by atoms with Gasteiger partial charge in [-0.3, -0.25) is 4.79 Å². The number of hydrogen-bond donors (Lipinski definition) is 1. The fraction of sp³-hybridized carbons (Fsp3) is 0.176. The van der Waals surface area contributed by atoms with Crippen LogP contribution < -0.4 is 5.32 Å². The zero-order valence-electron chi connectivity index (χ0n) is 12.5. The Labute approximate surface area is 131 Å². The number of carbonyl (C=O) groups is 1. The van der Waals surface area contributed by atoms with Crippen LogP contribution in [0.3, 0.4) is 0 Å². The number of hydrogen-bond acceptors (Lipinski definition) is 2. The molecule has 0 aliphatic heterocycles. The van der Waals surface area contributed by atoms with Crippen LogP contribution in [0.4, 0.5) is 8.78 Å². The van der Waals surface area contributed by atoms with Crippen LogP contribution in [-0.4, -0.2) is 22.0 Å². The number of para-hydroxylation sites is 2. The van der Waals surface area contributed by atoms with Gasteiger partial charge in [0.25, 0.3) is 5.91 Å². The molecule has 0 aliphatic carbocycles. The molecule has 23 heavy (non-hydrogen) atoms. The summed E-state index contributed by atoms with van der Waals surface area (Å²) in [7, 11) is 0. The second-order valence-electron chi connectivity index (χ2n) is 5.15. The minimum atomic E-state index is -0.869. The lowest BCUT2D eigenvalue weighted by atomic mass is 10.2. The maximum Gasteiger partial charge on any atom is 0.257 e. The van der Waals surface area contributed by atoms with Gasteiger partial charge in [0.05, 0.1) is 11.0 Å². The molecule has 3 rings (SSSR count). The second kappa shape index (κ2) is 6.16. The molecule has 1 aromatic heterocycles. The monoisotopic (exact) mass is 315 g/mol. The van der Waals surface area contributed by atoms with E-state index in [1.165, 1.54) is 6.07 Å². The van der Waals surface area contributed by atoms with Crippen molar-refractivity contribution in [2.24, 2.45) is 0 Å². The number of amides is 1. The minimum absolute atomic E-state index is 0.244. The van der Waals surface area contributed by atoms with Crippen LogP contribution in [0.5, 0.6) is 0 Å². The van der Waals surface area contributed by atoms with Gasteiger partial charge in [-0.1, -0.05) is 18.2 Å². The Balaban J connectivity index is 1.72. The Morgan fingerprint density at radius 3 is 2.57 bits per heavy atom. The highest BCUT2D eigenvalue weighted by Gasteiger charge is 2.16.